The predicted octanol–water partition coefficient (Wildman–Crippen LogP) is 3.30. The number of benzene rings is 2. The standard InChI is InChI=1S/C23H26N2O3/c1-16-10-13-21(27-4)20(14-16)24-23(26)22(18-8-6-5-7-9-18)25(3)15-19-12-11-17(2)28-19/h5-14,22H,15H2,1-4H3,(H,24,26)/p+1/t22-/m0/s1. The van der Waals surface area contributed by atoms with E-state index in [0.717, 1.165) is 27.5 Å². The van der Waals surface area contributed by atoms with Crippen molar-refractivity contribution in [3.05, 3.63) is 83.3 Å². The molecule has 0 saturated heterocycles. The van der Waals surface area contributed by atoms with E-state index in [4.69, 9.17) is 9.15 Å². The number of aryl methyl sites for hydroxylation is 2. The van der Waals surface area contributed by atoms with Gasteiger partial charge in [0.05, 0.1) is 19.8 Å². The van der Waals surface area contributed by atoms with Crippen LogP contribution in [0, 0.1) is 13.8 Å². The smallest absolute Gasteiger partial charge is 0.287 e. The van der Waals surface area contributed by atoms with Crippen LogP contribution in [0.25, 0.3) is 0 Å². The van der Waals surface area contributed by atoms with Crippen molar-refractivity contribution >= 4 is 11.6 Å². The number of rotatable bonds is 7. The van der Waals surface area contributed by atoms with E-state index in [2.05, 4.69) is 5.32 Å². The minimum absolute atomic E-state index is 0.0871. The lowest BCUT2D eigenvalue weighted by Crippen LogP contribution is -3.09. The molecule has 0 aliphatic rings. The molecule has 1 unspecified atom stereocenters. The van der Waals surface area contributed by atoms with Crippen molar-refractivity contribution in [2.45, 2.75) is 26.4 Å². The summed E-state index contributed by atoms with van der Waals surface area (Å²) in [5.74, 6) is 2.28. The molecular formula is C23H27N2O3+. The fourth-order valence-corrected chi connectivity index (χ4v) is 3.39. The highest BCUT2D eigenvalue weighted by Gasteiger charge is 2.30. The summed E-state index contributed by atoms with van der Waals surface area (Å²) in [7, 11) is 3.61. The van der Waals surface area contributed by atoms with Crippen molar-refractivity contribution in [1.82, 2.24) is 0 Å². The second kappa shape index (κ2) is 8.76. The van der Waals surface area contributed by atoms with Crippen LogP contribution in [0.1, 0.15) is 28.7 Å². The quantitative estimate of drug-likeness (QED) is 0.662. The molecule has 5 heteroatoms. The molecule has 0 aliphatic heterocycles. The summed E-state index contributed by atoms with van der Waals surface area (Å²) in [6, 6.07) is 19.1. The van der Waals surface area contributed by atoms with Crippen LogP contribution in [-0.2, 0) is 11.3 Å². The van der Waals surface area contributed by atoms with Crippen molar-refractivity contribution in [3.63, 3.8) is 0 Å². The largest absolute Gasteiger partial charge is 0.495 e. The zero-order chi connectivity index (χ0) is 20.1. The van der Waals surface area contributed by atoms with Crippen LogP contribution in [-0.4, -0.2) is 20.1 Å². The number of carbonyl (C=O) groups excluding carboxylic acids is 1. The third kappa shape index (κ3) is 4.61. The third-order valence-corrected chi connectivity index (χ3v) is 4.75. The Morgan fingerprint density at radius 3 is 2.50 bits per heavy atom. The summed E-state index contributed by atoms with van der Waals surface area (Å²) in [5.41, 5.74) is 2.68. The van der Waals surface area contributed by atoms with Crippen molar-refractivity contribution in [2.75, 3.05) is 19.5 Å². The molecule has 0 aliphatic carbocycles. The maximum Gasteiger partial charge on any atom is 0.287 e. The summed E-state index contributed by atoms with van der Waals surface area (Å²) in [6.45, 7) is 4.51. The summed E-state index contributed by atoms with van der Waals surface area (Å²) in [4.78, 5) is 14.3. The van der Waals surface area contributed by atoms with Crippen molar-refractivity contribution < 1.29 is 18.8 Å². The summed E-state index contributed by atoms with van der Waals surface area (Å²) in [6.07, 6.45) is 0. The molecule has 2 atom stereocenters. The summed E-state index contributed by atoms with van der Waals surface area (Å²) in [5, 5.41) is 3.06. The maximum atomic E-state index is 13.3. The van der Waals surface area contributed by atoms with E-state index < -0.39 is 6.04 Å². The number of anilines is 1. The maximum absolute atomic E-state index is 13.3. The van der Waals surface area contributed by atoms with Crippen LogP contribution in [0.3, 0.4) is 0 Å². The number of hydrogen-bond donors (Lipinski definition) is 2. The van der Waals surface area contributed by atoms with Gasteiger partial charge in [-0.3, -0.25) is 4.79 Å². The highest BCUT2D eigenvalue weighted by atomic mass is 16.5. The van der Waals surface area contributed by atoms with Crippen molar-refractivity contribution in [1.29, 1.82) is 0 Å². The molecular weight excluding hydrogens is 352 g/mol. The number of nitrogens with one attached hydrogen (secondary N) is 2. The van der Waals surface area contributed by atoms with Crippen LogP contribution in [0.15, 0.2) is 65.1 Å². The van der Waals surface area contributed by atoms with Crippen molar-refractivity contribution in [3.8, 4) is 5.75 Å². The SMILES string of the molecule is COc1ccc(C)cc1NC(=O)[C@H](c1ccccc1)[NH+](C)Cc1ccc(C)o1. The van der Waals surface area contributed by atoms with Gasteiger partial charge in [-0.25, -0.2) is 0 Å². The molecule has 28 heavy (non-hydrogen) atoms. The van der Waals surface area contributed by atoms with E-state index in [-0.39, 0.29) is 5.91 Å². The number of amides is 1. The van der Waals surface area contributed by atoms with Crippen LogP contribution in [0.4, 0.5) is 5.69 Å². The number of carbonyl (C=O) groups is 1. The monoisotopic (exact) mass is 379 g/mol. The van der Waals surface area contributed by atoms with Crippen molar-refractivity contribution in [2.24, 2.45) is 0 Å². The minimum Gasteiger partial charge on any atom is -0.495 e. The number of ether oxygens (including phenoxy) is 1. The molecule has 5 nitrogen and oxygen atoms in total. The number of methoxy groups -OCH3 is 1. The second-order valence-electron chi connectivity index (χ2n) is 7.07. The number of hydrogen-bond acceptors (Lipinski definition) is 3. The van der Waals surface area contributed by atoms with E-state index in [1.807, 2.05) is 81.6 Å². The number of likely N-dealkylation sites (N-methyl/N-ethyl adjacent to an activating group) is 1. The first kappa shape index (κ1) is 19.7. The molecule has 0 spiro atoms. The van der Waals surface area contributed by atoms with Gasteiger partial charge < -0.3 is 19.4 Å². The zero-order valence-electron chi connectivity index (χ0n) is 16.8. The Bertz CT molecular complexity index is 934. The first-order valence-corrected chi connectivity index (χ1v) is 9.36. The number of furan rings is 1. The molecule has 146 valence electrons. The fraction of sp³-hybridized carbons (Fsp3) is 0.261. The minimum atomic E-state index is -0.392. The molecule has 2 N–H and O–H groups in total. The Morgan fingerprint density at radius 1 is 1.11 bits per heavy atom. The van der Waals surface area contributed by atoms with Gasteiger partial charge >= 0.3 is 0 Å². The van der Waals surface area contributed by atoms with Crippen LogP contribution < -0.4 is 15.0 Å². The normalized spacial score (nSPS) is 13.0. The lowest BCUT2D eigenvalue weighted by Gasteiger charge is -2.24. The molecule has 0 fully saturated rings. The van der Waals surface area contributed by atoms with Crippen LogP contribution in [0.2, 0.25) is 0 Å². The third-order valence-electron chi connectivity index (χ3n) is 4.75. The van der Waals surface area contributed by atoms with Crippen LogP contribution >= 0.6 is 0 Å². The number of quaternary nitrogens is 1. The summed E-state index contributed by atoms with van der Waals surface area (Å²) >= 11 is 0. The lowest BCUT2D eigenvalue weighted by atomic mass is 10.0. The fourth-order valence-electron chi connectivity index (χ4n) is 3.39. The molecule has 3 aromatic rings. The van der Waals surface area contributed by atoms with Gasteiger partial charge in [-0.15, -0.1) is 0 Å². The zero-order valence-corrected chi connectivity index (χ0v) is 16.8. The Kier molecular flexibility index (Phi) is 6.16. The first-order valence-electron chi connectivity index (χ1n) is 9.36. The van der Waals surface area contributed by atoms with E-state index in [1.165, 1.54) is 0 Å². The molecule has 1 aromatic heterocycles. The van der Waals surface area contributed by atoms with Crippen LogP contribution in [0.5, 0.6) is 5.75 Å². The Hall–Kier alpha value is -3.05. The molecule has 3 rings (SSSR count). The predicted molar refractivity (Wildman–Crippen MR) is 110 cm³/mol. The van der Waals surface area contributed by atoms with Gasteiger partial charge in [0.25, 0.3) is 5.91 Å². The molecule has 0 saturated carbocycles. The summed E-state index contributed by atoms with van der Waals surface area (Å²) < 4.78 is 11.1. The Labute approximate surface area is 165 Å². The molecule has 1 heterocycles. The van der Waals surface area contributed by atoms with Gasteiger partial charge in [-0.2, -0.15) is 0 Å². The lowest BCUT2D eigenvalue weighted by molar-refractivity contribution is -0.916. The molecule has 0 radical (unpaired) electrons. The highest BCUT2D eigenvalue weighted by molar-refractivity contribution is 5.96. The average Bonchev–Trinajstić information content (AvgIpc) is 3.07. The van der Waals surface area contributed by atoms with E-state index in [0.29, 0.717) is 18.0 Å². The van der Waals surface area contributed by atoms with E-state index >= 15 is 0 Å². The topological polar surface area (TPSA) is 55.9 Å². The Balaban J connectivity index is 1.88. The van der Waals surface area contributed by atoms with Gasteiger partial charge in [-0.1, -0.05) is 36.4 Å². The van der Waals surface area contributed by atoms with Gasteiger partial charge in [0.2, 0.25) is 0 Å². The van der Waals surface area contributed by atoms with E-state index in [9.17, 15) is 4.79 Å². The first-order chi connectivity index (χ1) is 13.5. The second-order valence-corrected chi connectivity index (χ2v) is 7.07. The molecule has 0 bridgehead atoms. The van der Waals surface area contributed by atoms with Gasteiger partial charge in [-0.05, 0) is 43.7 Å². The van der Waals surface area contributed by atoms with Gasteiger partial charge in [0.1, 0.15) is 18.1 Å². The highest BCUT2D eigenvalue weighted by Crippen LogP contribution is 2.26. The Morgan fingerprint density at radius 2 is 1.86 bits per heavy atom. The molecule has 2 aromatic carbocycles. The molecule has 1 amide bonds. The van der Waals surface area contributed by atoms with E-state index in [1.54, 1.807) is 7.11 Å². The average molecular weight is 379 g/mol. The van der Waals surface area contributed by atoms with Gasteiger partial charge in [0.15, 0.2) is 11.8 Å². The van der Waals surface area contributed by atoms with Gasteiger partial charge in [0, 0.05) is 5.56 Å².